The minimum absolute atomic E-state index is 0.0505. The number of pyridine rings is 2. The van der Waals surface area contributed by atoms with Crippen molar-refractivity contribution in [2.45, 2.75) is 27.3 Å². The van der Waals surface area contributed by atoms with Crippen LogP contribution in [0.3, 0.4) is 0 Å². The van der Waals surface area contributed by atoms with Crippen LogP contribution in [0.4, 0.5) is 4.39 Å². The molecule has 164 valence electrons. The number of nitriles is 1. The predicted octanol–water partition coefficient (Wildman–Crippen LogP) is 4.20. The molecule has 3 aromatic heterocycles. The number of amides is 1. The standard InChI is InChI=1S/C25H21FN6O/c1-15-10-20(14-29-23(15)12-27)32-17(3)24(16(2)31-32)18-7-8-19(21(26)11-18)13-30-25(33)22-6-4-5-9-28-22/h4-11,14H,13H2,1-3H3,(H,30,33). The molecule has 1 N–H and O–H groups in total. The molecule has 0 atom stereocenters. The van der Waals surface area contributed by atoms with Gasteiger partial charge in [-0.1, -0.05) is 18.2 Å². The number of carbonyl (C=O) groups excluding carboxylic acids is 1. The summed E-state index contributed by atoms with van der Waals surface area (Å²) in [5.41, 5.74) is 5.58. The van der Waals surface area contributed by atoms with Gasteiger partial charge in [-0.05, 0) is 56.2 Å². The lowest BCUT2D eigenvalue weighted by atomic mass is 10.0. The van der Waals surface area contributed by atoms with Crippen LogP contribution >= 0.6 is 0 Å². The second-order valence-electron chi connectivity index (χ2n) is 7.63. The summed E-state index contributed by atoms with van der Waals surface area (Å²) < 4.78 is 16.6. The number of benzene rings is 1. The van der Waals surface area contributed by atoms with E-state index in [0.717, 1.165) is 28.2 Å². The summed E-state index contributed by atoms with van der Waals surface area (Å²) in [5, 5.41) is 16.4. The molecule has 0 bridgehead atoms. The lowest BCUT2D eigenvalue weighted by Gasteiger charge is -2.09. The number of carbonyl (C=O) groups is 1. The fourth-order valence-electron chi connectivity index (χ4n) is 3.71. The van der Waals surface area contributed by atoms with Crippen molar-refractivity contribution < 1.29 is 9.18 Å². The third-order valence-electron chi connectivity index (χ3n) is 5.38. The van der Waals surface area contributed by atoms with Gasteiger partial charge in [0.05, 0.1) is 17.6 Å². The summed E-state index contributed by atoms with van der Waals surface area (Å²) in [4.78, 5) is 20.4. The van der Waals surface area contributed by atoms with Gasteiger partial charge in [0.2, 0.25) is 0 Å². The number of halogens is 1. The van der Waals surface area contributed by atoms with Gasteiger partial charge < -0.3 is 5.32 Å². The first-order chi connectivity index (χ1) is 15.9. The molecule has 0 aliphatic heterocycles. The molecule has 3 heterocycles. The maximum absolute atomic E-state index is 14.9. The molecule has 1 amide bonds. The van der Waals surface area contributed by atoms with E-state index in [-0.39, 0.29) is 18.1 Å². The van der Waals surface area contributed by atoms with Crippen molar-refractivity contribution in [3.05, 3.63) is 94.6 Å². The number of nitrogens with zero attached hydrogens (tertiary/aromatic N) is 5. The highest BCUT2D eigenvalue weighted by Crippen LogP contribution is 2.30. The predicted molar refractivity (Wildman–Crippen MR) is 121 cm³/mol. The van der Waals surface area contributed by atoms with Gasteiger partial charge in [-0.15, -0.1) is 0 Å². The maximum atomic E-state index is 14.9. The highest BCUT2D eigenvalue weighted by molar-refractivity contribution is 5.92. The van der Waals surface area contributed by atoms with E-state index in [9.17, 15) is 9.18 Å². The second kappa shape index (κ2) is 9.01. The molecular weight excluding hydrogens is 419 g/mol. The number of hydrogen-bond donors (Lipinski definition) is 1. The van der Waals surface area contributed by atoms with Gasteiger partial charge in [0.25, 0.3) is 5.91 Å². The molecule has 0 saturated carbocycles. The van der Waals surface area contributed by atoms with Crippen LogP contribution in [0.5, 0.6) is 0 Å². The zero-order valence-electron chi connectivity index (χ0n) is 18.4. The van der Waals surface area contributed by atoms with Gasteiger partial charge in [-0.25, -0.2) is 14.1 Å². The van der Waals surface area contributed by atoms with E-state index in [0.29, 0.717) is 16.8 Å². The normalized spacial score (nSPS) is 10.6. The van der Waals surface area contributed by atoms with Gasteiger partial charge >= 0.3 is 0 Å². The van der Waals surface area contributed by atoms with Crippen molar-refractivity contribution in [2.75, 3.05) is 0 Å². The maximum Gasteiger partial charge on any atom is 0.270 e. The smallest absolute Gasteiger partial charge is 0.270 e. The molecular formula is C25H21FN6O. The van der Waals surface area contributed by atoms with Crippen molar-refractivity contribution in [1.29, 1.82) is 5.26 Å². The monoisotopic (exact) mass is 440 g/mol. The third kappa shape index (κ3) is 4.34. The average Bonchev–Trinajstić information content (AvgIpc) is 3.12. The van der Waals surface area contributed by atoms with Crippen LogP contribution in [0.15, 0.2) is 54.9 Å². The molecule has 0 aliphatic rings. The summed E-state index contributed by atoms with van der Waals surface area (Å²) in [5.74, 6) is -0.783. The minimum atomic E-state index is -0.420. The first-order valence-corrected chi connectivity index (χ1v) is 10.3. The summed E-state index contributed by atoms with van der Waals surface area (Å²) in [6.07, 6.45) is 3.13. The number of nitrogens with one attached hydrogen (secondary N) is 1. The molecule has 33 heavy (non-hydrogen) atoms. The van der Waals surface area contributed by atoms with Crippen molar-refractivity contribution in [2.24, 2.45) is 0 Å². The van der Waals surface area contributed by atoms with Crippen molar-refractivity contribution in [3.8, 4) is 22.9 Å². The van der Waals surface area contributed by atoms with Crippen LogP contribution in [0, 0.1) is 37.9 Å². The Morgan fingerprint density at radius 1 is 1.15 bits per heavy atom. The van der Waals surface area contributed by atoms with Gasteiger partial charge in [0.1, 0.15) is 23.3 Å². The fourth-order valence-corrected chi connectivity index (χ4v) is 3.71. The highest BCUT2D eigenvalue weighted by atomic mass is 19.1. The Hall–Kier alpha value is -4.38. The minimum Gasteiger partial charge on any atom is -0.347 e. The van der Waals surface area contributed by atoms with E-state index in [2.05, 4.69) is 26.5 Å². The Morgan fingerprint density at radius 3 is 2.64 bits per heavy atom. The fraction of sp³-hybridized carbons (Fsp3) is 0.160. The number of hydrogen-bond acceptors (Lipinski definition) is 5. The van der Waals surface area contributed by atoms with Crippen LogP contribution in [-0.4, -0.2) is 25.7 Å². The van der Waals surface area contributed by atoms with Crippen LogP contribution in [0.25, 0.3) is 16.8 Å². The van der Waals surface area contributed by atoms with E-state index in [4.69, 9.17) is 5.26 Å². The van der Waals surface area contributed by atoms with E-state index >= 15 is 0 Å². The van der Waals surface area contributed by atoms with Gasteiger partial charge in [-0.3, -0.25) is 9.78 Å². The quantitative estimate of drug-likeness (QED) is 0.502. The zero-order valence-corrected chi connectivity index (χ0v) is 18.4. The molecule has 0 unspecified atom stereocenters. The second-order valence-corrected chi connectivity index (χ2v) is 7.63. The summed E-state index contributed by atoms with van der Waals surface area (Å²) in [6, 6.07) is 13.9. The molecule has 7 nitrogen and oxygen atoms in total. The Bertz CT molecular complexity index is 1390. The number of aromatic nitrogens is 4. The molecule has 4 aromatic rings. The number of aryl methyl sites for hydroxylation is 2. The zero-order chi connectivity index (χ0) is 23.5. The van der Waals surface area contributed by atoms with Crippen LogP contribution in [-0.2, 0) is 6.54 Å². The van der Waals surface area contributed by atoms with Gasteiger partial charge in [-0.2, -0.15) is 10.4 Å². The Morgan fingerprint density at radius 2 is 1.97 bits per heavy atom. The van der Waals surface area contributed by atoms with Crippen LogP contribution < -0.4 is 5.32 Å². The van der Waals surface area contributed by atoms with Gasteiger partial charge in [0, 0.05) is 29.6 Å². The summed E-state index contributed by atoms with van der Waals surface area (Å²) in [7, 11) is 0. The van der Waals surface area contributed by atoms with E-state index in [1.165, 1.54) is 12.3 Å². The molecule has 0 saturated heterocycles. The first kappa shape index (κ1) is 21.8. The summed E-state index contributed by atoms with van der Waals surface area (Å²) >= 11 is 0. The molecule has 1 aromatic carbocycles. The Labute approximate surface area is 190 Å². The van der Waals surface area contributed by atoms with Crippen LogP contribution in [0.1, 0.15) is 38.7 Å². The lowest BCUT2D eigenvalue weighted by Crippen LogP contribution is -2.24. The molecule has 8 heteroatoms. The highest BCUT2D eigenvalue weighted by Gasteiger charge is 2.17. The SMILES string of the molecule is Cc1cc(-n2nc(C)c(-c3ccc(CNC(=O)c4ccccn4)c(F)c3)c2C)cnc1C#N. The number of rotatable bonds is 5. The Balaban J connectivity index is 1.59. The molecule has 0 spiro atoms. The van der Waals surface area contributed by atoms with Gasteiger partial charge in [0.15, 0.2) is 0 Å². The van der Waals surface area contributed by atoms with E-state index in [1.807, 2.05) is 32.9 Å². The van der Waals surface area contributed by atoms with Crippen molar-refractivity contribution >= 4 is 5.91 Å². The molecule has 4 rings (SSSR count). The van der Waals surface area contributed by atoms with E-state index < -0.39 is 5.82 Å². The summed E-state index contributed by atoms with van der Waals surface area (Å²) in [6.45, 7) is 5.64. The van der Waals surface area contributed by atoms with Crippen molar-refractivity contribution in [1.82, 2.24) is 25.1 Å². The lowest BCUT2D eigenvalue weighted by molar-refractivity contribution is 0.0945. The third-order valence-corrected chi connectivity index (χ3v) is 5.38. The van der Waals surface area contributed by atoms with E-state index in [1.54, 1.807) is 35.1 Å². The average molecular weight is 440 g/mol. The Kier molecular flexibility index (Phi) is 5.96. The molecule has 0 radical (unpaired) electrons. The van der Waals surface area contributed by atoms with Crippen molar-refractivity contribution in [3.63, 3.8) is 0 Å². The topological polar surface area (TPSA) is 96.5 Å². The first-order valence-electron chi connectivity index (χ1n) is 10.3. The largest absolute Gasteiger partial charge is 0.347 e. The molecule has 0 aliphatic carbocycles. The molecule has 0 fully saturated rings. The van der Waals surface area contributed by atoms with Crippen LogP contribution in [0.2, 0.25) is 0 Å².